The molecule has 1 aliphatic heterocycles. The Hall–Kier alpha value is -0.520. The molecule has 2 heteroatoms. The summed E-state index contributed by atoms with van der Waals surface area (Å²) >= 11 is 0. The fourth-order valence-corrected chi connectivity index (χ4v) is 1.92. The minimum Gasteiger partial charge on any atom is -0.381 e. The van der Waals surface area contributed by atoms with Gasteiger partial charge in [0.2, 0.25) is 0 Å². The summed E-state index contributed by atoms with van der Waals surface area (Å²) in [6.07, 6.45) is 4.64. The Morgan fingerprint density at radius 2 is 2.43 bits per heavy atom. The molecule has 14 heavy (non-hydrogen) atoms. The van der Waals surface area contributed by atoms with Gasteiger partial charge in [0.1, 0.15) is 0 Å². The first kappa shape index (κ1) is 11.6. The quantitative estimate of drug-likeness (QED) is 0.675. The zero-order valence-electron chi connectivity index (χ0n) is 9.31. The number of ether oxygens (including phenoxy) is 1. The molecule has 0 bridgehead atoms. The Morgan fingerprint density at radius 3 is 3.00 bits per heavy atom. The maximum Gasteiger partial charge on any atom is 0.0495 e. The Morgan fingerprint density at radius 1 is 1.57 bits per heavy atom. The minimum atomic E-state index is 0.613. The van der Waals surface area contributed by atoms with Crippen LogP contribution in [0.5, 0.6) is 0 Å². The van der Waals surface area contributed by atoms with Gasteiger partial charge >= 0.3 is 0 Å². The third-order valence-electron chi connectivity index (χ3n) is 2.84. The molecule has 2 nitrogen and oxygen atoms in total. The van der Waals surface area contributed by atoms with Gasteiger partial charge in [0.15, 0.2) is 0 Å². The van der Waals surface area contributed by atoms with Crippen molar-refractivity contribution in [1.29, 1.82) is 0 Å². The predicted molar refractivity (Wildman–Crippen MR) is 59.1 cm³/mol. The predicted octanol–water partition coefficient (Wildman–Crippen LogP) is 1.80. The van der Waals surface area contributed by atoms with Gasteiger partial charge in [-0.25, -0.2) is 0 Å². The van der Waals surface area contributed by atoms with E-state index >= 15 is 0 Å². The molecule has 0 saturated carbocycles. The summed E-state index contributed by atoms with van der Waals surface area (Å²) in [5, 5.41) is 3.36. The fourth-order valence-electron chi connectivity index (χ4n) is 1.92. The Balaban J connectivity index is 2.18. The summed E-state index contributed by atoms with van der Waals surface area (Å²) in [6.45, 7) is 3.81. The van der Waals surface area contributed by atoms with E-state index in [1.807, 2.05) is 14.0 Å². The minimum absolute atomic E-state index is 0.613. The molecule has 0 aromatic rings. The molecule has 0 aromatic heterocycles. The lowest BCUT2D eigenvalue weighted by Crippen LogP contribution is -2.27. The average Bonchev–Trinajstić information content (AvgIpc) is 2.69. The molecule has 2 atom stereocenters. The molecular weight excluding hydrogens is 174 g/mol. The first-order valence-corrected chi connectivity index (χ1v) is 5.51. The maximum absolute atomic E-state index is 5.37. The molecule has 2 unspecified atom stereocenters. The van der Waals surface area contributed by atoms with E-state index in [-0.39, 0.29) is 0 Å². The number of hydrogen-bond donors (Lipinski definition) is 1. The van der Waals surface area contributed by atoms with Crippen LogP contribution in [0.1, 0.15) is 32.6 Å². The van der Waals surface area contributed by atoms with E-state index in [1.54, 1.807) is 0 Å². The van der Waals surface area contributed by atoms with Crippen LogP contribution in [0.25, 0.3) is 0 Å². The van der Waals surface area contributed by atoms with Gasteiger partial charge in [-0.15, -0.1) is 11.8 Å². The van der Waals surface area contributed by atoms with Gasteiger partial charge in [0.25, 0.3) is 0 Å². The molecule has 1 N–H and O–H groups in total. The van der Waals surface area contributed by atoms with Gasteiger partial charge in [0.05, 0.1) is 0 Å². The third kappa shape index (κ3) is 4.13. The van der Waals surface area contributed by atoms with Crippen LogP contribution in [0.4, 0.5) is 0 Å². The van der Waals surface area contributed by atoms with Crippen molar-refractivity contribution in [2.75, 3.05) is 20.3 Å². The smallest absolute Gasteiger partial charge is 0.0495 e. The lowest BCUT2D eigenvalue weighted by molar-refractivity contribution is 0.181. The summed E-state index contributed by atoms with van der Waals surface area (Å²) in [6, 6.07) is 0.613. The number of hydrogen-bond acceptors (Lipinski definition) is 2. The van der Waals surface area contributed by atoms with Crippen LogP contribution in [-0.4, -0.2) is 26.3 Å². The van der Waals surface area contributed by atoms with Gasteiger partial charge < -0.3 is 10.1 Å². The highest BCUT2D eigenvalue weighted by Gasteiger charge is 2.19. The molecular formula is C12H21NO. The topological polar surface area (TPSA) is 21.3 Å². The zero-order valence-corrected chi connectivity index (χ0v) is 9.31. The van der Waals surface area contributed by atoms with E-state index in [1.165, 1.54) is 12.8 Å². The van der Waals surface area contributed by atoms with E-state index in [9.17, 15) is 0 Å². The summed E-state index contributed by atoms with van der Waals surface area (Å²) < 4.78 is 5.37. The maximum atomic E-state index is 5.37. The lowest BCUT2D eigenvalue weighted by Gasteiger charge is -2.18. The van der Waals surface area contributed by atoms with Crippen LogP contribution in [0.3, 0.4) is 0 Å². The molecule has 1 fully saturated rings. The van der Waals surface area contributed by atoms with Gasteiger partial charge in [-0.1, -0.05) is 0 Å². The highest BCUT2D eigenvalue weighted by atomic mass is 16.5. The molecule has 80 valence electrons. The number of rotatable bonds is 5. The van der Waals surface area contributed by atoms with Gasteiger partial charge in [-0.3, -0.25) is 0 Å². The molecule has 0 aromatic carbocycles. The van der Waals surface area contributed by atoms with Gasteiger partial charge in [-0.05, 0) is 39.2 Å². The monoisotopic (exact) mass is 195 g/mol. The van der Waals surface area contributed by atoms with Crippen LogP contribution in [0, 0.1) is 17.8 Å². The highest BCUT2D eigenvalue weighted by molar-refractivity contribution is 4.95. The van der Waals surface area contributed by atoms with Crippen LogP contribution in [0.15, 0.2) is 0 Å². The Labute approximate surface area is 87.4 Å². The summed E-state index contributed by atoms with van der Waals surface area (Å²) in [4.78, 5) is 0. The Kier molecular flexibility index (Phi) is 5.66. The second-order valence-corrected chi connectivity index (χ2v) is 3.92. The van der Waals surface area contributed by atoms with E-state index in [0.717, 1.165) is 32.0 Å². The first-order chi connectivity index (χ1) is 6.86. The van der Waals surface area contributed by atoms with E-state index < -0.39 is 0 Å². The second kappa shape index (κ2) is 6.86. The molecule has 0 amide bonds. The SMILES string of the molecule is CC#CCCC(CC1CCOC1)NC. The highest BCUT2D eigenvalue weighted by Crippen LogP contribution is 2.19. The van der Waals surface area contributed by atoms with Crippen LogP contribution in [0.2, 0.25) is 0 Å². The Bertz CT molecular complexity index is 198. The van der Waals surface area contributed by atoms with Crippen molar-refractivity contribution in [2.24, 2.45) is 5.92 Å². The molecule has 1 heterocycles. The summed E-state index contributed by atoms with van der Waals surface area (Å²) in [7, 11) is 2.04. The van der Waals surface area contributed by atoms with Crippen LogP contribution in [-0.2, 0) is 4.74 Å². The molecule has 1 rings (SSSR count). The van der Waals surface area contributed by atoms with Crippen molar-refractivity contribution in [3.63, 3.8) is 0 Å². The zero-order chi connectivity index (χ0) is 10.2. The van der Waals surface area contributed by atoms with Crippen LogP contribution >= 0.6 is 0 Å². The third-order valence-corrected chi connectivity index (χ3v) is 2.84. The molecule has 1 saturated heterocycles. The van der Waals surface area contributed by atoms with Crippen molar-refractivity contribution in [2.45, 2.75) is 38.6 Å². The van der Waals surface area contributed by atoms with E-state index in [0.29, 0.717) is 6.04 Å². The number of nitrogens with one attached hydrogen (secondary N) is 1. The fraction of sp³-hybridized carbons (Fsp3) is 0.833. The van der Waals surface area contributed by atoms with Crippen molar-refractivity contribution < 1.29 is 4.74 Å². The van der Waals surface area contributed by atoms with Crippen molar-refractivity contribution in [1.82, 2.24) is 5.32 Å². The summed E-state index contributed by atoms with van der Waals surface area (Å²) in [5.74, 6) is 6.82. The van der Waals surface area contributed by atoms with Gasteiger partial charge in [0, 0.05) is 25.7 Å². The van der Waals surface area contributed by atoms with E-state index in [2.05, 4.69) is 17.2 Å². The first-order valence-electron chi connectivity index (χ1n) is 5.51. The normalized spacial score (nSPS) is 22.9. The van der Waals surface area contributed by atoms with Crippen molar-refractivity contribution >= 4 is 0 Å². The molecule has 0 aliphatic carbocycles. The largest absolute Gasteiger partial charge is 0.381 e. The standard InChI is InChI=1S/C12H21NO/c1-3-4-5-6-12(13-2)9-11-7-8-14-10-11/h11-13H,5-10H2,1-2H3. The van der Waals surface area contributed by atoms with Crippen molar-refractivity contribution in [3.05, 3.63) is 0 Å². The molecule has 1 aliphatic rings. The molecule has 0 radical (unpaired) electrons. The average molecular weight is 195 g/mol. The van der Waals surface area contributed by atoms with Gasteiger partial charge in [-0.2, -0.15) is 0 Å². The summed E-state index contributed by atoms with van der Waals surface area (Å²) in [5.41, 5.74) is 0. The van der Waals surface area contributed by atoms with Crippen molar-refractivity contribution in [3.8, 4) is 11.8 Å². The van der Waals surface area contributed by atoms with Crippen LogP contribution < -0.4 is 5.32 Å². The second-order valence-electron chi connectivity index (χ2n) is 3.92. The lowest BCUT2D eigenvalue weighted by atomic mass is 9.96. The molecule has 0 spiro atoms. The van der Waals surface area contributed by atoms with E-state index in [4.69, 9.17) is 4.74 Å².